The van der Waals surface area contributed by atoms with E-state index in [2.05, 4.69) is 20.1 Å². The Kier molecular flexibility index (Phi) is 4.76. The van der Waals surface area contributed by atoms with Gasteiger partial charge in [0, 0.05) is 11.8 Å². The molecule has 0 radical (unpaired) electrons. The van der Waals surface area contributed by atoms with Crippen LogP contribution in [0.4, 0.5) is 5.82 Å². The van der Waals surface area contributed by atoms with Crippen molar-refractivity contribution in [2.45, 2.75) is 11.8 Å². The van der Waals surface area contributed by atoms with E-state index in [9.17, 15) is 13.2 Å². The molecular formula is C25H19N7O3S. The highest BCUT2D eigenvalue weighted by Crippen LogP contribution is 2.30. The zero-order valence-electron chi connectivity index (χ0n) is 19.0. The fourth-order valence-corrected chi connectivity index (χ4v) is 5.78. The standard InChI is InChI=1S/C25H19N7O3S/c1-15-29-20-9-8-17(11-21(20)30-15)31-25(26)19(13-28-31)24(33)22-10-7-16-12-27-14-23(16)32(22)36(34,35)18-5-3-2-4-6-18/h2-14H,26H2,1H3,(H,29,30). The Labute approximate surface area is 205 Å². The number of nitrogen functional groups attached to an aromatic ring is 1. The number of rotatable bonds is 5. The molecule has 0 saturated carbocycles. The Balaban J connectivity index is 1.49. The molecule has 2 aromatic heterocycles. The number of carbonyl (C=O) groups excluding carboxylic acids is 1. The van der Waals surface area contributed by atoms with E-state index in [1.54, 1.807) is 36.5 Å². The van der Waals surface area contributed by atoms with Crippen molar-refractivity contribution in [3.63, 3.8) is 0 Å². The molecular weight excluding hydrogens is 478 g/mol. The van der Waals surface area contributed by atoms with E-state index in [4.69, 9.17) is 5.73 Å². The number of nitrogens with zero attached hydrogens (tertiary/aromatic N) is 5. The molecule has 11 heteroatoms. The van der Waals surface area contributed by atoms with Crippen molar-refractivity contribution < 1.29 is 13.2 Å². The second-order valence-corrected chi connectivity index (χ2v) is 10.0. The predicted octanol–water partition coefficient (Wildman–Crippen LogP) is 3.41. The zero-order chi connectivity index (χ0) is 25.0. The van der Waals surface area contributed by atoms with Crippen LogP contribution in [0.1, 0.15) is 21.9 Å². The van der Waals surface area contributed by atoms with Gasteiger partial charge in [0.2, 0.25) is 5.78 Å². The van der Waals surface area contributed by atoms with Gasteiger partial charge in [0.05, 0.1) is 45.3 Å². The number of hydrogen-bond donors (Lipinski definition) is 2. The SMILES string of the molecule is Cc1nc2ccc(-n3ncc(C(=O)c4ccc5cncc-5n4S(=O)(=O)c4ccccc4)c3N)cc2[nH]1. The zero-order valence-corrected chi connectivity index (χ0v) is 19.8. The van der Waals surface area contributed by atoms with Crippen molar-refractivity contribution in [1.82, 2.24) is 28.7 Å². The number of pyridine rings is 1. The quantitative estimate of drug-likeness (QED) is 0.348. The highest BCUT2D eigenvalue weighted by molar-refractivity contribution is 7.90. The third-order valence-corrected chi connectivity index (χ3v) is 7.70. The number of aryl methyl sites for hydroxylation is 1. The van der Waals surface area contributed by atoms with E-state index >= 15 is 0 Å². The number of anilines is 1. The molecule has 0 aliphatic carbocycles. The molecule has 2 aliphatic heterocycles. The number of benzene rings is 2. The molecule has 0 spiro atoms. The number of fused-ring (bicyclic) bond motifs is 2. The number of aromatic nitrogens is 6. The molecule has 178 valence electrons. The lowest BCUT2D eigenvalue weighted by atomic mass is 10.1. The Morgan fingerprint density at radius 3 is 2.61 bits per heavy atom. The molecule has 4 heterocycles. The summed E-state index contributed by atoms with van der Waals surface area (Å²) in [6.45, 7) is 1.86. The summed E-state index contributed by atoms with van der Waals surface area (Å²) in [6, 6.07) is 16.5. The van der Waals surface area contributed by atoms with Crippen LogP contribution in [0.25, 0.3) is 28.0 Å². The molecule has 0 unspecified atom stereocenters. The number of H-pyrrole nitrogens is 1. The first kappa shape index (κ1) is 21.7. The summed E-state index contributed by atoms with van der Waals surface area (Å²) < 4.78 is 29.8. The molecule has 0 saturated heterocycles. The number of aromatic amines is 1. The molecule has 36 heavy (non-hydrogen) atoms. The minimum absolute atomic E-state index is 0.0459. The van der Waals surface area contributed by atoms with Crippen LogP contribution < -0.4 is 5.73 Å². The molecule has 3 N–H and O–H groups in total. The first-order valence-electron chi connectivity index (χ1n) is 11.0. The van der Waals surface area contributed by atoms with Crippen LogP contribution in [-0.2, 0) is 10.0 Å². The van der Waals surface area contributed by atoms with Gasteiger partial charge < -0.3 is 10.7 Å². The van der Waals surface area contributed by atoms with Gasteiger partial charge in [-0.25, -0.2) is 22.1 Å². The summed E-state index contributed by atoms with van der Waals surface area (Å²) in [6.07, 6.45) is 4.30. The second kappa shape index (κ2) is 7.89. The van der Waals surface area contributed by atoms with Crippen LogP contribution in [0.2, 0.25) is 0 Å². The van der Waals surface area contributed by atoms with Gasteiger partial charge in [-0.3, -0.25) is 9.78 Å². The predicted molar refractivity (Wildman–Crippen MR) is 134 cm³/mol. The highest BCUT2D eigenvalue weighted by atomic mass is 32.2. The first-order chi connectivity index (χ1) is 17.3. The van der Waals surface area contributed by atoms with Gasteiger partial charge in [0.15, 0.2) is 0 Å². The molecule has 0 bridgehead atoms. The maximum atomic E-state index is 13.7. The summed E-state index contributed by atoms with van der Waals surface area (Å²) >= 11 is 0. The van der Waals surface area contributed by atoms with Gasteiger partial charge in [-0.1, -0.05) is 18.2 Å². The molecule has 0 fully saturated rings. The third kappa shape index (κ3) is 3.28. The van der Waals surface area contributed by atoms with E-state index in [-0.39, 0.29) is 27.7 Å². The number of imidazole rings is 1. The summed E-state index contributed by atoms with van der Waals surface area (Å²) in [5, 5.41) is 4.31. The summed E-state index contributed by atoms with van der Waals surface area (Å²) in [4.78, 5) is 25.4. The maximum Gasteiger partial charge on any atom is 0.268 e. The summed E-state index contributed by atoms with van der Waals surface area (Å²) in [5.41, 5.74) is 9.46. The Bertz CT molecular complexity index is 1850. The normalized spacial score (nSPS) is 11.9. The van der Waals surface area contributed by atoms with Crippen LogP contribution in [-0.4, -0.2) is 42.9 Å². The first-order valence-corrected chi connectivity index (χ1v) is 12.4. The Hall–Kier alpha value is -4.77. The van der Waals surface area contributed by atoms with E-state index in [1.165, 1.54) is 35.3 Å². The minimum atomic E-state index is -4.12. The minimum Gasteiger partial charge on any atom is -0.383 e. The number of nitrogens with two attached hydrogens (primary N) is 1. The number of ketones is 1. The van der Waals surface area contributed by atoms with Crippen molar-refractivity contribution in [1.29, 1.82) is 0 Å². The van der Waals surface area contributed by atoms with Crippen LogP contribution in [0.5, 0.6) is 0 Å². The smallest absolute Gasteiger partial charge is 0.268 e. The van der Waals surface area contributed by atoms with Gasteiger partial charge in [0.25, 0.3) is 10.0 Å². The largest absolute Gasteiger partial charge is 0.383 e. The average molecular weight is 498 g/mol. The lowest BCUT2D eigenvalue weighted by Gasteiger charge is -2.17. The van der Waals surface area contributed by atoms with Crippen molar-refractivity contribution in [3.05, 3.63) is 96.3 Å². The van der Waals surface area contributed by atoms with Crippen LogP contribution in [0, 0.1) is 6.92 Å². The van der Waals surface area contributed by atoms with Crippen molar-refractivity contribution >= 4 is 32.7 Å². The van der Waals surface area contributed by atoms with Crippen LogP contribution in [0.3, 0.4) is 0 Å². The summed E-state index contributed by atoms with van der Waals surface area (Å²) in [7, 11) is -4.12. The van der Waals surface area contributed by atoms with Gasteiger partial charge in [-0.2, -0.15) is 5.10 Å². The van der Waals surface area contributed by atoms with Gasteiger partial charge in [-0.15, -0.1) is 0 Å². The lowest BCUT2D eigenvalue weighted by molar-refractivity contribution is 0.103. The highest BCUT2D eigenvalue weighted by Gasteiger charge is 2.29. The van der Waals surface area contributed by atoms with E-state index in [1.807, 2.05) is 19.1 Å². The van der Waals surface area contributed by atoms with Crippen LogP contribution >= 0.6 is 0 Å². The fraction of sp³-hybridized carbons (Fsp3) is 0.0400. The molecule has 0 amide bonds. The second-order valence-electron chi connectivity index (χ2n) is 8.26. The lowest BCUT2D eigenvalue weighted by Crippen LogP contribution is -2.23. The van der Waals surface area contributed by atoms with Gasteiger partial charge in [0.1, 0.15) is 17.3 Å². The summed E-state index contributed by atoms with van der Waals surface area (Å²) in [5.74, 6) is 0.271. The maximum absolute atomic E-state index is 13.7. The fourth-order valence-electron chi connectivity index (χ4n) is 4.25. The molecule has 2 aromatic carbocycles. The Morgan fingerprint density at radius 2 is 1.81 bits per heavy atom. The van der Waals surface area contributed by atoms with Gasteiger partial charge >= 0.3 is 0 Å². The Morgan fingerprint density at radius 1 is 1.00 bits per heavy atom. The monoisotopic (exact) mass is 497 g/mol. The van der Waals surface area contributed by atoms with E-state index in [0.717, 1.165) is 20.8 Å². The number of carbonyl (C=O) groups is 1. The van der Waals surface area contributed by atoms with Crippen molar-refractivity contribution in [2.75, 3.05) is 5.73 Å². The molecule has 0 atom stereocenters. The number of hydrogen-bond acceptors (Lipinski definition) is 7. The molecule has 2 aliphatic rings. The molecule has 10 nitrogen and oxygen atoms in total. The van der Waals surface area contributed by atoms with E-state index in [0.29, 0.717) is 11.3 Å². The van der Waals surface area contributed by atoms with E-state index < -0.39 is 15.8 Å². The molecule has 4 aromatic rings. The van der Waals surface area contributed by atoms with Crippen molar-refractivity contribution in [3.8, 4) is 16.9 Å². The van der Waals surface area contributed by atoms with Crippen LogP contribution in [0.15, 0.2) is 84.1 Å². The van der Waals surface area contributed by atoms with Crippen molar-refractivity contribution in [2.24, 2.45) is 0 Å². The topological polar surface area (TPSA) is 142 Å². The average Bonchev–Trinajstić information content (AvgIpc) is 3.60. The number of nitrogens with one attached hydrogen (secondary N) is 1. The third-order valence-electron chi connectivity index (χ3n) is 5.96. The van der Waals surface area contributed by atoms with Gasteiger partial charge in [-0.05, 0) is 49.4 Å². The molecule has 6 rings (SSSR count).